The Morgan fingerprint density at radius 1 is 0.429 bits per heavy atom. The van der Waals surface area contributed by atoms with Crippen molar-refractivity contribution in [3.63, 3.8) is 0 Å². The summed E-state index contributed by atoms with van der Waals surface area (Å²) in [5.74, 6) is 0. The molecular formula is C14H23. The summed E-state index contributed by atoms with van der Waals surface area (Å²) in [6.45, 7) is 0. The first-order valence-electron chi connectivity index (χ1n) is 6.12. The van der Waals surface area contributed by atoms with E-state index in [9.17, 15) is 0 Å². The summed E-state index contributed by atoms with van der Waals surface area (Å²) < 4.78 is 0. The molecular weight excluding hydrogens is 168 g/mol. The maximum absolute atomic E-state index is 2.45. The molecule has 0 aromatic heterocycles. The van der Waals surface area contributed by atoms with E-state index in [2.05, 4.69) is 30.7 Å². The van der Waals surface area contributed by atoms with Crippen LogP contribution in [0.15, 0.2) is 24.3 Å². The van der Waals surface area contributed by atoms with E-state index in [1.165, 1.54) is 57.8 Å². The second-order valence-corrected chi connectivity index (χ2v) is 4.02. The monoisotopic (exact) mass is 191 g/mol. The van der Waals surface area contributed by atoms with Gasteiger partial charge >= 0.3 is 0 Å². The third kappa shape index (κ3) is 6.94. The molecule has 0 aliphatic heterocycles. The summed E-state index contributed by atoms with van der Waals surface area (Å²) in [5.41, 5.74) is 0. The number of rotatable bonds is 0. The van der Waals surface area contributed by atoms with Crippen molar-refractivity contribution in [2.45, 2.75) is 57.8 Å². The Bertz CT molecular complexity index is 147. The summed E-state index contributed by atoms with van der Waals surface area (Å²) in [5, 5.41) is 0. The topological polar surface area (TPSA) is 0 Å². The van der Waals surface area contributed by atoms with Crippen LogP contribution in [0, 0.1) is 6.42 Å². The molecule has 0 saturated carbocycles. The van der Waals surface area contributed by atoms with E-state index in [0.717, 1.165) is 0 Å². The standard InChI is InChI=1S/C14H23/c1-2-4-6-8-10-12-14-13-11-9-7-5-3-1/h1-2,9-11H,3-8,12-14H2/b2-1-,11-9+. The van der Waals surface area contributed by atoms with Gasteiger partial charge in [-0.25, -0.2) is 0 Å². The molecule has 0 amide bonds. The molecule has 0 fully saturated rings. The van der Waals surface area contributed by atoms with Crippen molar-refractivity contribution < 1.29 is 0 Å². The van der Waals surface area contributed by atoms with Gasteiger partial charge in [0.25, 0.3) is 0 Å². The normalized spacial score (nSPS) is 26.3. The molecule has 0 heterocycles. The first-order valence-corrected chi connectivity index (χ1v) is 6.12. The van der Waals surface area contributed by atoms with E-state index in [1.807, 2.05) is 0 Å². The zero-order chi connectivity index (χ0) is 9.90. The van der Waals surface area contributed by atoms with Crippen LogP contribution in [0.4, 0.5) is 0 Å². The lowest BCUT2D eigenvalue weighted by atomic mass is 10.1. The predicted octanol–water partition coefficient (Wildman–Crippen LogP) is 4.83. The lowest BCUT2D eigenvalue weighted by Gasteiger charge is -1.99. The minimum atomic E-state index is 1.26. The predicted molar refractivity (Wildman–Crippen MR) is 64.1 cm³/mol. The lowest BCUT2D eigenvalue weighted by Crippen LogP contribution is -1.80. The Morgan fingerprint density at radius 2 is 0.786 bits per heavy atom. The summed E-state index contributed by atoms with van der Waals surface area (Å²) in [7, 11) is 0. The van der Waals surface area contributed by atoms with E-state index < -0.39 is 0 Å². The second-order valence-electron chi connectivity index (χ2n) is 4.02. The lowest BCUT2D eigenvalue weighted by molar-refractivity contribution is 0.734. The minimum Gasteiger partial charge on any atom is -0.0885 e. The SMILES string of the molecule is [CH]1CCC/C=C\CCC/C=C/CCC1. The molecule has 14 heavy (non-hydrogen) atoms. The third-order valence-corrected chi connectivity index (χ3v) is 2.63. The van der Waals surface area contributed by atoms with Crippen LogP contribution in [-0.4, -0.2) is 0 Å². The average Bonchev–Trinajstić information content (AvgIpc) is 2.22. The van der Waals surface area contributed by atoms with Gasteiger partial charge < -0.3 is 0 Å². The molecule has 1 aliphatic carbocycles. The molecule has 79 valence electrons. The smallest absolute Gasteiger partial charge is 0.0348 e. The van der Waals surface area contributed by atoms with Crippen molar-refractivity contribution >= 4 is 0 Å². The molecule has 0 bridgehead atoms. The summed E-state index contributed by atoms with van der Waals surface area (Å²) in [6.07, 6.45) is 23.5. The Labute approximate surface area is 89.1 Å². The fourth-order valence-electron chi connectivity index (χ4n) is 1.73. The van der Waals surface area contributed by atoms with Gasteiger partial charge in [0.1, 0.15) is 0 Å². The highest BCUT2D eigenvalue weighted by atomic mass is 14.0. The van der Waals surface area contributed by atoms with Crippen molar-refractivity contribution in [2.75, 3.05) is 0 Å². The van der Waals surface area contributed by atoms with E-state index in [0.29, 0.717) is 0 Å². The van der Waals surface area contributed by atoms with E-state index in [4.69, 9.17) is 0 Å². The van der Waals surface area contributed by atoms with Crippen LogP contribution >= 0.6 is 0 Å². The van der Waals surface area contributed by atoms with Crippen LogP contribution in [0.2, 0.25) is 0 Å². The fraction of sp³-hybridized carbons (Fsp3) is 0.643. The molecule has 1 aliphatic rings. The van der Waals surface area contributed by atoms with Gasteiger partial charge in [-0.3, -0.25) is 0 Å². The summed E-state index contributed by atoms with van der Waals surface area (Å²) in [4.78, 5) is 0. The Kier molecular flexibility index (Phi) is 7.47. The van der Waals surface area contributed by atoms with E-state index in [-0.39, 0.29) is 0 Å². The molecule has 0 spiro atoms. The molecule has 0 N–H and O–H groups in total. The highest BCUT2D eigenvalue weighted by molar-refractivity contribution is 4.86. The van der Waals surface area contributed by atoms with Crippen LogP contribution in [0.1, 0.15) is 57.8 Å². The van der Waals surface area contributed by atoms with Crippen LogP contribution in [0.5, 0.6) is 0 Å². The molecule has 0 aromatic rings. The van der Waals surface area contributed by atoms with Crippen molar-refractivity contribution in [3.05, 3.63) is 30.7 Å². The molecule has 0 atom stereocenters. The molecule has 1 rings (SSSR count). The van der Waals surface area contributed by atoms with E-state index in [1.54, 1.807) is 0 Å². The van der Waals surface area contributed by atoms with Crippen LogP contribution in [0.3, 0.4) is 0 Å². The van der Waals surface area contributed by atoms with Gasteiger partial charge in [-0.15, -0.1) is 0 Å². The molecule has 0 unspecified atom stereocenters. The van der Waals surface area contributed by atoms with Gasteiger partial charge in [-0.1, -0.05) is 24.3 Å². The van der Waals surface area contributed by atoms with Gasteiger partial charge in [0.05, 0.1) is 0 Å². The van der Waals surface area contributed by atoms with Crippen molar-refractivity contribution in [2.24, 2.45) is 0 Å². The Morgan fingerprint density at radius 3 is 1.21 bits per heavy atom. The molecule has 0 aromatic carbocycles. The number of allylic oxidation sites excluding steroid dienone is 4. The molecule has 1 radical (unpaired) electrons. The number of hydrogen-bond donors (Lipinski definition) is 0. The summed E-state index contributed by atoms with van der Waals surface area (Å²) in [6, 6.07) is 0. The third-order valence-electron chi connectivity index (χ3n) is 2.63. The highest BCUT2D eigenvalue weighted by Gasteiger charge is 1.90. The van der Waals surface area contributed by atoms with Crippen molar-refractivity contribution in [3.8, 4) is 0 Å². The first kappa shape index (κ1) is 11.6. The first-order chi connectivity index (χ1) is 7.00. The molecule has 0 saturated heterocycles. The quantitative estimate of drug-likeness (QED) is 0.481. The largest absolute Gasteiger partial charge is 0.0885 e. The van der Waals surface area contributed by atoms with Crippen molar-refractivity contribution in [1.82, 2.24) is 0 Å². The molecule has 0 nitrogen and oxygen atoms in total. The Balaban J connectivity index is 2.16. The van der Waals surface area contributed by atoms with Gasteiger partial charge in [0, 0.05) is 0 Å². The fourth-order valence-corrected chi connectivity index (χ4v) is 1.73. The van der Waals surface area contributed by atoms with Gasteiger partial charge in [0.15, 0.2) is 0 Å². The van der Waals surface area contributed by atoms with Crippen molar-refractivity contribution in [1.29, 1.82) is 0 Å². The van der Waals surface area contributed by atoms with Crippen LogP contribution in [0.25, 0.3) is 0 Å². The van der Waals surface area contributed by atoms with Gasteiger partial charge in [-0.2, -0.15) is 0 Å². The minimum absolute atomic E-state index is 1.26. The zero-order valence-corrected chi connectivity index (χ0v) is 9.25. The average molecular weight is 191 g/mol. The van der Waals surface area contributed by atoms with E-state index >= 15 is 0 Å². The summed E-state index contributed by atoms with van der Waals surface area (Å²) >= 11 is 0. The molecule has 0 heteroatoms. The second kappa shape index (κ2) is 9.05. The number of hydrogen-bond acceptors (Lipinski definition) is 0. The Hall–Kier alpha value is -0.520. The maximum Gasteiger partial charge on any atom is -0.0348 e. The van der Waals surface area contributed by atoms with Crippen LogP contribution < -0.4 is 0 Å². The maximum atomic E-state index is 2.45. The van der Waals surface area contributed by atoms with Gasteiger partial charge in [0.2, 0.25) is 0 Å². The van der Waals surface area contributed by atoms with Crippen LogP contribution in [-0.2, 0) is 0 Å². The zero-order valence-electron chi connectivity index (χ0n) is 9.25. The van der Waals surface area contributed by atoms with Gasteiger partial charge in [-0.05, 0) is 64.2 Å². The highest BCUT2D eigenvalue weighted by Crippen LogP contribution is 2.09.